The molecule has 0 spiro atoms. The molecule has 1 aliphatic carbocycles. The molecule has 1 saturated carbocycles. The van der Waals surface area contributed by atoms with Gasteiger partial charge in [-0.3, -0.25) is 0 Å². The lowest BCUT2D eigenvalue weighted by Gasteiger charge is -2.09. The van der Waals surface area contributed by atoms with Crippen molar-refractivity contribution in [3.05, 3.63) is 36.1 Å². The van der Waals surface area contributed by atoms with Crippen molar-refractivity contribution in [1.29, 1.82) is 0 Å². The molecule has 0 saturated heterocycles. The van der Waals surface area contributed by atoms with Gasteiger partial charge in [-0.1, -0.05) is 17.3 Å². The summed E-state index contributed by atoms with van der Waals surface area (Å²) >= 11 is 0. The molecule has 1 aliphatic rings. The summed E-state index contributed by atoms with van der Waals surface area (Å²) in [4.78, 5) is 11.5. The van der Waals surface area contributed by atoms with Gasteiger partial charge in [0.15, 0.2) is 5.76 Å². The highest BCUT2D eigenvalue weighted by atomic mass is 19.4. The number of amides is 2. The fourth-order valence-electron chi connectivity index (χ4n) is 2.02. The van der Waals surface area contributed by atoms with E-state index in [0.29, 0.717) is 17.0 Å². The third-order valence-electron chi connectivity index (χ3n) is 3.26. The van der Waals surface area contributed by atoms with Crippen molar-refractivity contribution >= 4 is 6.03 Å². The number of nitrogens with zero attached hydrogens (tertiary/aromatic N) is 1. The summed E-state index contributed by atoms with van der Waals surface area (Å²) in [5, 5.41) is 9.17. The summed E-state index contributed by atoms with van der Waals surface area (Å²) in [6.45, 7) is 0.129. The largest absolute Gasteiger partial charge is 0.573 e. The summed E-state index contributed by atoms with van der Waals surface area (Å²) in [5.74, 6) is 0.0459. The molecule has 24 heavy (non-hydrogen) atoms. The van der Waals surface area contributed by atoms with E-state index in [4.69, 9.17) is 4.52 Å². The number of urea groups is 1. The van der Waals surface area contributed by atoms with Crippen LogP contribution in [-0.2, 0) is 6.54 Å². The Labute approximate surface area is 135 Å². The minimum absolute atomic E-state index is 0.129. The molecule has 1 aromatic carbocycles. The predicted molar refractivity (Wildman–Crippen MR) is 77.0 cm³/mol. The predicted octanol–water partition coefficient (Wildman–Crippen LogP) is 3.20. The smallest absolute Gasteiger partial charge is 0.406 e. The van der Waals surface area contributed by atoms with E-state index in [1.807, 2.05) is 0 Å². The van der Waals surface area contributed by atoms with Crippen molar-refractivity contribution in [2.75, 3.05) is 0 Å². The fourth-order valence-corrected chi connectivity index (χ4v) is 2.02. The molecule has 9 heteroatoms. The maximum Gasteiger partial charge on any atom is 0.573 e. The van der Waals surface area contributed by atoms with Crippen molar-refractivity contribution in [3.8, 4) is 17.0 Å². The van der Waals surface area contributed by atoms with Gasteiger partial charge in [0.1, 0.15) is 11.4 Å². The van der Waals surface area contributed by atoms with Crippen molar-refractivity contribution in [3.63, 3.8) is 0 Å². The van der Waals surface area contributed by atoms with Gasteiger partial charge in [0.25, 0.3) is 0 Å². The lowest BCUT2D eigenvalue weighted by Crippen LogP contribution is -2.36. The van der Waals surface area contributed by atoms with Crippen LogP contribution in [0.4, 0.5) is 18.0 Å². The minimum atomic E-state index is -4.76. The van der Waals surface area contributed by atoms with Crippen molar-refractivity contribution in [2.24, 2.45) is 0 Å². The topological polar surface area (TPSA) is 76.4 Å². The summed E-state index contributed by atoms with van der Waals surface area (Å²) < 4.78 is 45.7. The molecule has 0 unspecified atom stereocenters. The molecule has 0 radical (unpaired) electrons. The Bertz CT molecular complexity index is 726. The van der Waals surface area contributed by atoms with Gasteiger partial charge in [0.05, 0.1) is 6.54 Å². The van der Waals surface area contributed by atoms with Crippen molar-refractivity contribution < 1.29 is 27.2 Å². The van der Waals surface area contributed by atoms with Crippen LogP contribution in [0.15, 0.2) is 34.9 Å². The number of halogens is 3. The first-order chi connectivity index (χ1) is 11.4. The normalized spacial score (nSPS) is 14.3. The molecule has 6 nitrogen and oxygen atoms in total. The molecule has 1 aromatic heterocycles. The van der Waals surface area contributed by atoms with E-state index in [1.165, 1.54) is 18.2 Å². The molecular formula is C15H14F3N3O3. The van der Waals surface area contributed by atoms with Crippen LogP contribution in [-0.4, -0.2) is 23.6 Å². The van der Waals surface area contributed by atoms with E-state index in [1.54, 1.807) is 12.1 Å². The van der Waals surface area contributed by atoms with Gasteiger partial charge in [-0.2, -0.15) is 0 Å². The zero-order chi connectivity index (χ0) is 17.2. The Balaban J connectivity index is 1.62. The number of aromatic nitrogens is 1. The number of rotatable bonds is 5. The minimum Gasteiger partial charge on any atom is -0.406 e. The first-order valence-electron chi connectivity index (χ1n) is 7.25. The molecule has 128 valence electrons. The lowest BCUT2D eigenvalue weighted by atomic mass is 10.1. The molecule has 0 bridgehead atoms. The SMILES string of the molecule is O=C(NCc1cc(-c2cccc(OC(F)(F)F)c2)no1)NC1CC1. The molecular weight excluding hydrogens is 327 g/mol. The third-order valence-corrected chi connectivity index (χ3v) is 3.26. The van der Waals surface area contributed by atoms with E-state index in [9.17, 15) is 18.0 Å². The van der Waals surface area contributed by atoms with Crippen LogP contribution >= 0.6 is 0 Å². The molecule has 2 amide bonds. The number of carbonyl (C=O) groups excluding carboxylic acids is 1. The number of hydrogen-bond donors (Lipinski definition) is 2. The number of nitrogens with one attached hydrogen (secondary N) is 2. The van der Waals surface area contributed by atoms with E-state index in [0.717, 1.165) is 12.8 Å². The Morgan fingerprint density at radius 3 is 2.83 bits per heavy atom. The Morgan fingerprint density at radius 2 is 2.12 bits per heavy atom. The van der Waals surface area contributed by atoms with Crippen molar-refractivity contribution in [1.82, 2.24) is 15.8 Å². The van der Waals surface area contributed by atoms with E-state index in [2.05, 4.69) is 20.5 Å². The molecule has 0 atom stereocenters. The van der Waals surface area contributed by atoms with Gasteiger partial charge in [-0.05, 0) is 25.0 Å². The van der Waals surface area contributed by atoms with Crippen LogP contribution in [0, 0.1) is 0 Å². The highest BCUT2D eigenvalue weighted by Gasteiger charge is 2.31. The molecule has 2 N–H and O–H groups in total. The summed E-state index contributed by atoms with van der Waals surface area (Å²) in [6, 6.07) is 6.90. The van der Waals surface area contributed by atoms with Gasteiger partial charge < -0.3 is 19.9 Å². The first-order valence-corrected chi connectivity index (χ1v) is 7.25. The monoisotopic (exact) mass is 341 g/mol. The number of ether oxygens (including phenoxy) is 1. The van der Waals surface area contributed by atoms with Gasteiger partial charge >= 0.3 is 12.4 Å². The van der Waals surface area contributed by atoms with Crippen LogP contribution < -0.4 is 15.4 Å². The fraction of sp³-hybridized carbons (Fsp3) is 0.333. The highest BCUT2D eigenvalue weighted by Crippen LogP contribution is 2.27. The van der Waals surface area contributed by atoms with Crippen LogP contribution in [0.3, 0.4) is 0 Å². The van der Waals surface area contributed by atoms with Crippen LogP contribution in [0.1, 0.15) is 18.6 Å². The molecule has 1 heterocycles. The average molecular weight is 341 g/mol. The van der Waals surface area contributed by atoms with Crippen molar-refractivity contribution in [2.45, 2.75) is 31.8 Å². The second-order valence-electron chi connectivity index (χ2n) is 5.36. The summed E-state index contributed by atoms with van der Waals surface area (Å²) in [7, 11) is 0. The zero-order valence-electron chi connectivity index (χ0n) is 12.4. The standard InChI is InChI=1S/C15H14F3N3O3/c16-15(17,18)23-11-3-1-2-9(6-11)13-7-12(24-21-13)8-19-14(22)20-10-4-5-10/h1-3,6-7,10H,4-5,8H2,(H2,19,20,22). The highest BCUT2D eigenvalue weighted by molar-refractivity contribution is 5.74. The molecule has 3 rings (SSSR count). The van der Waals surface area contributed by atoms with Crippen LogP contribution in [0.2, 0.25) is 0 Å². The second kappa shape index (κ2) is 6.42. The molecule has 0 aliphatic heterocycles. The van der Waals surface area contributed by atoms with Crippen LogP contribution in [0.25, 0.3) is 11.3 Å². The summed E-state index contributed by atoms with van der Waals surface area (Å²) in [6.07, 6.45) is -2.79. The third kappa shape index (κ3) is 4.64. The molecule has 2 aromatic rings. The summed E-state index contributed by atoms with van der Waals surface area (Å²) in [5.41, 5.74) is 0.760. The van der Waals surface area contributed by atoms with Gasteiger partial charge in [0.2, 0.25) is 0 Å². The quantitative estimate of drug-likeness (QED) is 0.876. The van der Waals surface area contributed by atoms with Gasteiger partial charge in [0, 0.05) is 17.7 Å². The maximum atomic E-state index is 12.2. The lowest BCUT2D eigenvalue weighted by molar-refractivity contribution is -0.274. The zero-order valence-corrected chi connectivity index (χ0v) is 12.4. The number of alkyl halides is 3. The van der Waals surface area contributed by atoms with E-state index < -0.39 is 6.36 Å². The van der Waals surface area contributed by atoms with Gasteiger partial charge in [-0.15, -0.1) is 13.2 Å². The number of benzene rings is 1. The Morgan fingerprint density at radius 1 is 1.33 bits per heavy atom. The van der Waals surface area contributed by atoms with E-state index >= 15 is 0 Å². The van der Waals surface area contributed by atoms with E-state index in [-0.39, 0.29) is 24.4 Å². The molecule has 1 fully saturated rings. The number of carbonyl (C=O) groups is 1. The maximum absolute atomic E-state index is 12.2. The van der Waals surface area contributed by atoms with Gasteiger partial charge in [-0.25, -0.2) is 4.79 Å². The van der Waals surface area contributed by atoms with Crippen LogP contribution in [0.5, 0.6) is 5.75 Å². The Hall–Kier alpha value is -2.71. The number of hydrogen-bond acceptors (Lipinski definition) is 4. The first kappa shape index (κ1) is 16.2. The second-order valence-corrected chi connectivity index (χ2v) is 5.36. The average Bonchev–Trinajstić information content (AvgIpc) is 3.18. The Kier molecular flexibility index (Phi) is 4.32.